The quantitative estimate of drug-likeness (QED) is 0.613. The van der Waals surface area contributed by atoms with Crippen molar-refractivity contribution in [2.75, 3.05) is 23.8 Å². The number of nitrogens with zero attached hydrogens (tertiary/aromatic N) is 1. The van der Waals surface area contributed by atoms with Gasteiger partial charge >= 0.3 is 0 Å². The maximum atomic E-state index is 12.6. The third-order valence-electron chi connectivity index (χ3n) is 4.07. The minimum atomic E-state index is -3.87. The lowest BCUT2D eigenvalue weighted by Gasteiger charge is -2.18. The summed E-state index contributed by atoms with van der Waals surface area (Å²) in [5.74, 6) is 0.714. The third kappa shape index (κ3) is 4.00. The smallest absolute Gasteiger partial charge is 0.263 e. The first-order valence-electron chi connectivity index (χ1n) is 8.25. The van der Waals surface area contributed by atoms with Gasteiger partial charge in [0.1, 0.15) is 11.5 Å². The van der Waals surface area contributed by atoms with Crippen LogP contribution in [0.4, 0.5) is 10.8 Å². The SMILES string of the molecule is COc1ccc(S(=O)(=O)Nc2nc(-c3ccc4c(c3)NC(=O)CO4)cs2)cc1Cl. The van der Waals surface area contributed by atoms with Gasteiger partial charge in [0.05, 0.1) is 28.4 Å². The van der Waals surface area contributed by atoms with E-state index in [-0.39, 0.29) is 27.6 Å². The second-order valence-corrected chi connectivity index (χ2v) is 8.94. The van der Waals surface area contributed by atoms with Gasteiger partial charge < -0.3 is 14.8 Å². The van der Waals surface area contributed by atoms with Crippen LogP contribution in [0.3, 0.4) is 0 Å². The number of anilines is 2. The first-order valence-corrected chi connectivity index (χ1v) is 11.0. The van der Waals surface area contributed by atoms with Crippen LogP contribution in [0, 0.1) is 0 Å². The lowest BCUT2D eigenvalue weighted by Crippen LogP contribution is -2.25. The van der Waals surface area contributed by atoms with Crippen LogP contribution in [0.15, 0.2) is 46.7 Å². The van der Waals surface area contributed by atoms with Gasteiger partial charge in [0, 0.05) is 10.9 Å². The van der Waals surface area contributed by atoms with Crippen LogP contribution in [0.2, 0.25) is 5.02 Å². The van der Waals surface area contributed by atoms with Crippen LogP contribution >= 0.6 is 22.9 Å². The van der Waals surface area contributed by atoms with Gasteiger partial charge in [-0.25, -0.2) is 13.4 Å². The molecule has 0 radical (unpaired) electrons. The summed E-state index contributed by atoms with van der Waals surface area (Å²) in [6, 6.07) is 9.42. The highest BCUT2D eigenvalue weighted by atomic mass is 35.5. The molecule has 2 N–H and O–H groups in total. The average molecular weight is 452 g/mol. The van der Waals surface area contributed by atoms with E-state index in [9.17, 15) is 13.2 Å². The molecule has 0 saturated carbocycles. The normalized spacial score (nSPS) is 13.2. The van der Waals surface area contributed by atoms with Gasteiger partial charge in [-0.15, -0.1) is 11.3 Å². The standard InChI is InChI=1S/C18H14ClN3O5S2/c1-26-15-5-3-11(7-12(15)19)29(24,25)22-18-21-14(9-28-18)10-2-4-16-13(6-10)20-17(23)8-27-16/h2-7,9H,8H2,1H3,(H,20,23)(H,21,22). The monoisotopic (exact) mass is 451 g/mol. The number of thiazole rings is 1. The molecule has 11 heteroatoms. The molecule has 0 bridgehead atoms. The molecular formula is C18H14ClN3O5S2. The van der Waals surface area contributed by atoms with E-state index in [4.69, 9.17) is 21.1 Å². The summed E-state index contributed by atoms with van der Waals surface area (Å²) in [6.45, 7) is -0.0235. The summed E-state index contributed by atoms with van der Waals surface area (Å²) >= 11 is 7.16. The third-order valence-corrected chi connectivity index (χ3v) is 6.59. The zero-order chi connectivity index (χ0) is 20.6. The van der Waals surface area contributed by atoms with Crippen molar-refractivity contribution in [1.82, 2.24) is 4.98 Å². The summed E-state index contributed by atoms with van der Waals surface area (Å²) in [5.41, 5.74) is 1.81. The van der Waals surface area contributed by atoms with E-state index in [0.717, 1.165) is 11.3 Å². The molecule has 1 aliphatic rings. The van der Waals surface area contributed by atoms with Crippen molar-refractivity contribution >= 4 is 49.7 Å². The zero-order valence-corrected chi connectivity index (χ0v) is 17.3. The first-order chi connectivity index (χ1) is 13.9. The molecular weight excluding hydrogens is 438 g/mol. The maximum absolute atomic E-state index is 12.6. The number of halogens is 1. The summed E-state index contributed by atoms with van der Waals surface area (Å²) < 4.78 is 38.1. The van der Waals surface area contributed by atoms with Gasteiger partial charge in [0.2, 0.25) is 0 Å². The van der Waals surface area contributed by atoms with Crippen LogP contribution in [0.5, 0.6) is 11.5 Å². The lowest BCUT2D eigenvalue weighted by molar-refractivity contribution is -0.118. The highest BCUT2D eigenvalue weighted by Crippen LogP contribution is 2.34. The number of hydrogen-bond donors (Lipinski definition) is 2. The topological polar surface area (TPSA) is 107 Å². The van der Waals surface area contributed by atoms with E-state index >= 15 is 0 Å². The summed E-state index contributed by atoms with van der Waals surface area (Å²) in [5, 5.41) is 4.83. The Bertz CT molecular complexity index is 1210. The van der Waals surface area contributed by atoms with Gasteiger partial charge in [0.25, 0.3) is 15.9 Å². The molecule has 1 aromatic heterocycles. The van der Waals surface area contributed by atoms with Crippen LogP contribution in [-0.4, -0.2) is 33.0 Å². The fourth-order valence-electron chi connectivity index (χ4n) is 2.68. The molecule has 3 aromatic rings. The summed E-state index contributed by atoms with van der Waals surface area (Å²) in [6.07, 6.45) is 0. The van der Waals surface area contributed by atoms with Crippen molar-refractivity contribution in [3.05, 3.63) is 46.8 Å². The maximum Gasteiger partial charge on any atom is 0.263 e. The van der Waals surface area contributed by atoms with Crippen LogP contribution in [-0.2, 0) is 14.8 Å². The number of benzene rings is 2. The number of fused-ring (bicyclic) bond motifs is 1. The molecule has 0 unspecified atom stereocenters. The van der Waals surface area contributed by atoms with Crippen LogP contribution in [0.1, 0.15) is 0 Å². The van der Waals surface area contributed by atoms with Gasteiger partial charge in [0.15, 0.2) is 11.7 Å². The van der Waals surface area contributed by atoms with E-state index in [0.29, 0.717) is 28.4 Å². The molecule has 0 aliphatic carbocycles. The molecule has 2 aromatic carbocycles. The first kappa shape index (κ1) is 19.5. The highest BCUT2D eigenvalue weighted by Gasteiger charge is 2.20. The number of amides is 1. The number of carbonyl (C=O) groups is 1. The van der Waals surface area contributed by atoms with Crippen molar-refractivity contribution in [3.8, 4) is 22.8 Å². The minimum absolute atomic E-state index is 0.00584. The zero-order valence-electron chi connectivity index (χ0n) is 14.9. The number of sulfonamides is 1. The van der Waals surface area contributed by atoms with E-state index in [1.54, 1.807) is 23.6 Å². The molecule has 1 aliphatic heterocycles. The Morgan fingerprint density at radius 3 is 2.86 bits per heavy atom. The molecule has 29 heavy (non-hydrogen) atoms. The van der Waals surface area contributed by atoms with E-state index < -0.39 is 10.0 Å². The second-order valence-electron chi connectivity index (χ2n) is 5.99. The molecule has 4 rings (SSSR count). The Labute approximate surface area is 175 Å². The molecule has 8 nitrogen and oxygen atoms in total. The van der Waals surface area contributed by atoms with Gasteiger partial charge in [-0.3, -0.25) is 9.52 Å². The van der Waals surface area contributed by atoms with Crippen molar-refractivity contribution < 1.29 is 22.7 Å². The molecule has 0 spiro atoms. The Kier molecular flexibility index (Phi) is 5.07. The van der Waals surface area contributed by atoms with E-state index in [1.807, 2.05) is 0 Å². The number of nitrogens with one attached hydrogen (secondary N) is 2. The molecule has 0 atom stereocenters. The second kappa shape index (κ2) is 7.54. The number of rotatable bonds is 5. The fraction of sp³-hybridized carbons (Fsp3) is 0.111. The van der Waals surface area contributed by atoms with Crippen molar-refractivity contribution in [2.24, 2.45) is 0 Å². The van der Waals surface area contributed by atoms with Crippen LogP contribution in [0.25, 0.3) is 11.3 Å². The minimum Gasteiger partial charge on any atom is -0.495 e. The Morgan fingerprint density at radius 1 is 1.28 bits per heavy atom. The van der Waals surface area contributed by atoms with Crippen molar-refractivity contribution in [2.45, 2.75) is 4.90 Å². The summed E-state index contributed by atoms with van der Waals surface area (Å²) in [7, 11) is -2.42. The van der Waals surface area contributed by atoms with Gasteiger partial charge in [-0.1, -0.05) is 11.6 Å². The molecule has 0 saturated heterocycles. The Morgan fingerprint density at radius 2 is 2.10 bits per heavy atom. The number of methoxy groups -OCH3 is 1. The largest absolute Gasteiger partial charge is 0.495 e. The van der Waals surface area contributed by atoms with Crippen molar-refractivity contribution in [3.63, 3.8) is 0 Å². The Hall–Kier alpha value is -2.82. The molecule has 0 fully saturated rings. The van der Waals surface area contributed by atoms with Gasteiger partial charge in [-0.05, 0) is 36.4 Å². The predicted molar refractivity (Wildman–Crippen MR) is 110 cm³/mol. The Balaban J connectivity index is 1.57. The fourth-order valence-corrected chi connectivity index (χ4v) is 5.00. The molecule has 2 heterocycles. The van der Waals surface area contributed by atoms with Crippen LogP contribution < -0.4 is 19.5 Å². The lowest BCUT2D eigenvalue weighted by atomic mass is 10.1. The highest BCUT2D eigenvalue weighted by molar-refractivity contribution is 7.93. The van der Waals surface area contributed by atoms with Crippen molar-refractivity contribution in [1.29, 1.82) is 0 Å². The number of aromatic nitrogens is 1. The molecule has 150 valence electrons. The summed E-state index contributed by atoms with van der Waals surface area (Å²) in [4.78, 5) is 15.8. The number of carbonyl (C=O) groups excluding carboxylic acids is 1. The predicted octanol–water partition coefficient (Wildman–Crippen LogP) is 3.60. The molecule has 1 amide bonds. The van der Waals surface area contributed by atoms with E-state index in [1.165, 1.54) is 25.3 Å². The number of ether oxygens (including phenoxy) is 2. The van der Waals surface area contributed by atoms with Gasteiger partial charge in [-0.2, -0.15) is 0 Å². The van der Waals surface area contributed by atoms with E-state index in [2.05, 4.69) is 15.0 Å². The number of hydrogen-bond acceptors (Lipinski definition) is 7. The average Bonchev–Trinajstić information content (AvgIpc) is 3.15.